The number of nitrogens with one attached hydrogen (secondary N) is 1. The zero-order chi connectivity index (χ0) is 16.6. The molecule has 0 saturated heterocycles. The lowest BCUT2D eigenvalue weighted by atomic mass is 10.1. The summed E-state index contributed by atoms with van der Waals surface area (Å²) in [6, 6.07) is 8.57. The second kappa shape index (κ2) is 9.13. The van der Waals surface area contributed by atoms with Crippen LogP contribution in [-0.2, 0) is 10.8 Å². The van der Waals surface area contributed by atoms with Gasteiger partial charge in [0.25, 0.3) is 0 Å². The molecule has 4 heteroatoms. The minimum Gasteiger partial charge on any atom is -0.491 e. The normalized spacial score (nSPS) is 13.2. The zero-order valence-corrected chi connectivity index (χ0v) is 15.7. The molecule has 3 nitrogen and oxygen atoms in total. The topological polar surface area (TPSA) is 30.5 Å². The van der Waals surface area contributed by atoms with Crippen LogP contribution in [0.1, 0.15) is 19.4 Å². The van der Waals surface area contributed by atoms with Crippen molar-refractivity contribution < 1.29 is 9.16 Å². The molecule has 0 amide bonds. The maximum absolute atomic E-state index is 6.24. The van der Waals surface area contributed by atoms with Gasteiger partial charge in [-0.1, -0.05) is 38.1 Å². The highest BCUT2D eigenvalue weighted by Crippen LogP contribution is 2.19. The quantitative estimate of drug-likeness (QED) is 0.522. The first-order chi connectivity index (χ1) is 10.3. The van der Waals surface area contributed by atoms with E-state index in [1.807, 2.05) is 24.3 Å². The number of rotatable bonds is 10. The molecule has 0 saturated carbocycles. The molecule has 0 spiro atoms. The maximum Gasteiger partial charge on any atom is 0.184 e. The Labute approximate surface area is 136 Å². The fourth-order valence-electron chi connectivity index (χ4n) is 2.15. The number of allylic oxidation sites excluding steroid dienone is 1. The maximum atomic E-state index is 6.24. The molecule has 0 fully saturated rings. The van der Waals surface area contributed by atoms with Crippen LogP contribution < -0.4 is 10.1 Å². The van der Waals surface area contributed by atoms with Crippen molar-refractivity contribution in [2.45, 2.75) is 52.1 Å². The minimum atomic E-state index is -1.60. The summed E-state index contributed by atoms with van der Waals surface area (Å²) in [6.07, 6.45) is 2.80. The molecule has 1 atom stereocenters. The average Bonchev–Trinajstić information content (AvgIpc) is 2.42. The standard InChI is InChI=1S/C18H31NO2Si/c1-7-10-16-11-8-9-12-18(16)20-14-17(13-19-15(2)3)21-22(4,5)6/h7-9,11-12,15,17,19H,1,10,13-14H2,2-6H3. The molecule has 1 aromatic rings. The van der Waals surface area contributed by atoms with Gasteiger partial charge in [0.15, 0.2) is 8.32 Å². The van der Waals surface area contributed by atoms with Crippen LogP contribution in [0.3, 0.4) is 0 Å². The van der Waals surface area contributed by atoms with Gasteiger partial charge in [-0.05, 0) is 37.7 Å². The average molecular weight is 322 g/mol. The van der Waals surface area contributed by atoms with Crippen molar-refractivity contribution in [2.24, 2.45) is 0 Å². The highest BCUT2D eigenvalue weighted by atomic mass is 28.4. The van der Waals surface area contributed by atoms with Crippen molar-refractivity contribution in [3.63, 3.8) is 0 Å². The highest BCUT2D eigenvalue weighted by molar-refractivity contribution is 6.69. The molecule has 0 heterocycles. The van der Waals surface area contributed by atoms with Crippen molar-refractivity contribution in [2.75, 3.05) is 13.2 Å². The van der Waals surface area contributed by atoms with E-state index < -0.39 is 8.32 Å². The fraction of sp³-hybridized carbons (Fsp3) is 0.556. The second-order valence-corrected chi connectivity index (χ2v) is 11.3. The molecule has 1 unspecified atom stereocenters. The minimum absolute atomic E-state index is 0.0749. The third kappa shape index (κ3) is 7.78. The summed E-state index contributed by atoms with van der Waals surface area (Å²) in [7, 11) is -1.60. The van der Waals surface area contributed by atoms with Gasteiger partial charge in [-0.2, -0.15) is 0 Å². The largest absolute Gasteiger partial charge is 0.491 e. The number of ether oxygens (including phenoxy) is 1. The van der Waals surface area contributed by atoms with Crippen LogP contribution >= 0.6 is 0 Å². The van der Waals surface area contributed by atoms with E-state index in [2.05, 4.69) is 51.5 Å². The lowest BCUT2D eigenvalue weighted by Gasteiger charge is -2.27. The molecule has 124 valence electrons. The van der Waals surface area contributed by atoms with E-state index in [-0.39, 0.29) is 6.10 Å². The molecule has 0 aliphatic carbocycles. The third-order valence-corrected chi connectivity index (χ3v) is 4.08. The van der Waals surface area contributed by atoms with Gasteiger partial charge in [-0.15, -0.1) is 6.58 Å². The molecular formula is C18H31NO2Si. The van der Waals surface area contributed by atoms with Crippen molar-refractivity contribution in [3.05, 3.63) is 42.5 Å². The van der Waals surface area contributed by atoms with Gasteiger partial charge in [0.1, 0.15) is 12.4 Å². The number of benzene rings is 1. The van der Waals surface area contributed by atoms with Crippen molar-refractivity contribution in [1.29, 1.82) is 0 Å². The molecular weight excluding hydrogens is 290 g/mol. The number of para-hydroxylation sites is 1. The predicted octanol–water partition coefficient (Wildman–Crippen LogP) is 4.01. The lowest BCUT2D eigenvalue weighted by molar-refractivity contribution is 0.118. The van der Waals surface area contributed by atoms with Crippen LogP contribution in [0, 0.1) is 0 Å². The SMILES string of the molecule is C=CCc1ccccc1OCC(CNC(C)C)O[Si](C)(C)C. The summed E-state index contributed by atoms with van der Waals surface area (Å²) in [5.41, 5.74) is 1.17. The number of hydrogen-bond acceptors (Lipinski definition) is 3. The Morgan fingerprint density at radius 3 is 2.50 bits per heavy atom. The van der Waals surface area contributed by atoms with Gasteiger partial charge in [0.2, 0.25) is 0 Å². The van der Waals surface area contributed by atoms with Gasteiger partial charge in [-0.25, -0.2) is 0 Å². The Kier molecular flexibility index (Phi) is 7.86. The van der Waals surface area contributed by atoms with Crippen molar-refractivity contribution >= 4 is 8.32 Å². The van der Waals surface area contributed by atoms with E-state index in [0.29, 0.717) is 12.6 Å². The second-order valence-electron chi connectivity index (χ2n) is 6.83. The van der Waals surface area contributed by atoms with Gasteiger partial charge in [-0.3, -0.25) is 0 Å². The highest BCUT2D eigenvalue weighted by Gasteiger charge is 2.22. The molecule has 0 aromatic heterocycles. The number of hydrogen-bond donors (Lipinski definition) is 1. The van der Waals surface area contributed by atoms with Crippen LogP contribution in [0.2, 0.25) is 19.6 Å². The van der Waals surface area contributed by atoms with E-state index in [4.69, 9.17) is 9.16 Å². The van der Waals surface area contributed by atoms with Crippen LogP contribution in [-0.4, -0.2) is 33.6 Å². The van der Waals surface area contributed by atoms with E-state index >= 15 is 0 Å². The van der Waals surface area contributed by atoms with Crippen LogP contribution in [0.15, 0.2) is 36.9 Å². The zero-order valence-electron chi connectivity index (χ0n) is 14.7. The summed E-state index contributed by atoms with van der Waals surface area (Å²) in [5.74, 6) is 0.927. The molecule has 1 rings (SSSR count). The lowest BCUT2D eigenvalue weighted by Crippen LogP contribution is -2.43. The van der Waals surface area contributed by atoms with E-state index in [0.717, 1.165) is 18.7 Å². The molecule has 1 aromatic carbocycles. The molecule has 0 radical (unpaired) electrons. The van der Waals surface area contributed by atoms with Gasteiger partial charge in [0, 0.05) is 12.6 Å². The van der Waals surface area contributed by atoms with Crippen molar-refractivity contribution in [1.82, 2.24) is 5.32 Å². The third-order valence-electron chi connectivity index (χ3n) is 3.04. The van der Waals surface area contributed by atoms with Gasteiger partial charge >= 0.3 is 0 Å². The van der Waals surface area contributed by atoms with Crippen LogP contribution in [0.25, 0.3) is 0 Å². The van der Waals surface area contributed by atoms with Gasteiger partial charge in [0.05, 0.1) is 6.10 Å². The summed E-state index contributed by atoms with van der Waals surface area (Å²) in [4.78, 5) is 0. The Bertz CT molecular complexity index is 455. The summed E-state index contributed by atoms with van der Waals surface area (Å²) in [6.45, 7) is 16.1. The Morgan fingerprint density at radius 2 is 1.91 bits per heavy atom. The van der Waals surface area contributed by atoms with Crippen molar-refractivity contribution in [3.8, 4) is 5.75 Å². The summed E-state index contributed by atoms with van der Waals surface area (Å²) in [5, 5.41) is 3.45. The van der Waals surface area contributed by atoms with Crippen LogP contribution in [0.4, 0.5) is 0 Å². The van der Waals surface area contributed by atoms with E-state index in [9.17, 15) is 0 Å². The van der Waals surface area contributed by atoms with Crippen LogP contribution in [0.5, 0.6) is 5.75 Å². The Morgan fingerprint density at radius 1 is 1.23 bits per heavy atom. The molecule has 0 aliphatic heterocycles. The van der Waals surface area contributed by atoms with Gasteiger partial charge < -0.3 is 14.5 Å². The fourth-order valence-corrected chi connectivity index (χ4v) is 3.30. The first-order valence-corrected chi connectivity index (χ1v) is 11.5. The molecule has 0 bridgehead atoms. The predicted molar refractivity (Wildman–Crippen MR) is 97.2 cm³/mol. The first-order valence-electron chi connectivity index (χ1n) is 8.04. The molecule has 1 N–H and O–H groups in total. The molecule has 0 aliphatic rings. The smallest absolute Gasteiger partial charge is 0.184 e. The monoisotopic (exact) mass is 321 g/mol. The summed E-state index contributed by atoms with van der Waals surface area (Å²) < 4.78 is 12.3. The Balaban J connectivity index is 2.67. The summed E-state index contributed by atoms with van der Waals surface area (Å²) >= 11 is 0. The van der Waals surface area contributed by atoms with E-state index in [1.165, 1.54) is 5.56 Å². The Hall–Kier alpha value is -1.10. The van der Waals surface area contributed by atoms with E-state index in [1.54, 1.807) is 0 Å². The molecule has 22 heavy (non-hydrogen) atoms. The first kappa shape index (κ1) is 18.9.